The van der Waals surface area contributed by atoms with Crippen LogP contribution in [0.3, 0.4) is 0 Å². The van der Waals surface area contributed by atoms with Crippen LogP contribution in [0.1, 0.15) is 49.9 Å². The third-order valence-corrected chi connectivity index (χ3v) is 5.20. The Morgan fingerprint density at radius 1 is 1.13 bits per heavy atom. The highest BCUT2D eigenvalue weighted by molar-refractivity contribution is 5.94. The average Bonchev–Trinajstić information content (AvgIpc) is 2.76. The van der Waals surface area contributed by atoms with Gasteiger partial charge in [0, 0.05) is 30.8 Å². The monoisotopic (exact) mass is 422 g/mol. The Bertz CT molecular complexity index is 1170. The largest absolute Gasteiger partial charge is 0.328 e. The minimum Gasteiger partial charge on any atom is -0.328 e. The van der Waals surface area contributed by atoms with Gasteiger partial charge in [-0.2, -0.15) is 0 Å². The van der Waals surface area contributed by atoms with E-state index >= 15 is 0 Å². The lowest BCUT2D eigenvalue weighted by Crippen LogP contribution is -2.39. The summed E-state index contributed by atoms with van der Waals surface area (Å²) < 4.78 is 1.60. The second kappa shape index (κ2) is 9.07. The van der Waals surface area contributed by atoms with Gasteiger partial charge in [0.05, 0.1) is 21.9 Å². The van der Waals surface area contributed by atoms with Gasteiger partial charge in [0.25, 0.3) is 17.2 Å². The molecule has 1 unspecified atom stereocenters. The zero-order valence-electron chi connectivity index (χ0n) is 18.1. The van der Waals surface area contributed by atoms with E-state index in [1.165, 1.54) is 24.3 Å². The number of para-hydroxylation sites is 1. The molecule has 1 heterocycles. The van der Waals surface area contributed by atoms with Crippen molar-refractivity contribution in [3.05, 3.63) is 80.4 Å². The van der Waals surface area contributed by atoms with Crippen molar-refractivity contribution in [2.24, 2.45) is 5.92 Å². The summed E-state index contributed by atoms with van der Waals surface area (Å²) >= 11 is 0. The lowest BCUT2D eigenvalue weighted by molar-refractivity contribution is -0.384. The molecular formula is C23H26N4O4. The van der Waals surface area contributed by atoms with Crippen LogP contribution in [0.4, 0.5) is 5.69 Å². The maximum Gasteiger partial charge on any atom is 0.269 e. The number of amides is 1. The van der Waals surface area contributed by atoms with E-state index in [1.807, 2.05) is 33.8 Å². The Morgan fingerprint density at radius 3 is 2.35 bits per heavy atom. The number of benzene rings is 2. The van der Waals surface area contributed by atoms with Crippen LogP contribution in [0.25, 0.3) is 10.9 Å². The van der Waals surface area contributed by atoms with Gasteiger partial charge in [-0.05, 0) is 44.0 Å². The molecule has 0 aliphatic heterocycles. The first kappa shape index (κ1) is 22.1. The van der Waals surface area contributed by atoms with Crippen molar-refractivity contribution in [3.63, 3.8) is 0 Å². The number of nitrogens with zero attached hydrogens (tertiary/aromatic N) is 4. The number of non-ortho nitro benzene ring substituents is 1. The molecule has 3 rings (SSSR count). The van der Waals surface area contributed by atoms with Crippen LogP contribution < -0.4 is 5.56 Å². The van der Waals surface area contributed by atoms with E-state index in [1.54, 1.807) is 27.7 Å². The molecule has 1 atom stereocenters. The molecule has 0 fully saturated rings. The molecule has 0 saturated carbocycles. The van der Waals surface area contributed by atoms with Crippen molar-refractivity contribution in [1.82, 2.24) is 14.5 Å². The number of carbonyl (C=O) groups is 1. The summed E-state index contributed by atoms with van der Waals surface area (Å²) in [6.07, 6.45) is 0. The SMILES string of the molecule is CCn1c(C(C)N(CC(C)C)C(=O)c2ccc([N+](=O)[O-])cc2)nc2ccccc2c1=O. The topological polar surface area (TPSA) is 98.3 Å². The lowest BCUT2D eigenvalue weighted by Gasteiger charge is -2.32. The molecule has 0 radical (unpaired) electrons. The predicted octanol–water partition coefficient (Wildman–Crippen LogP) is 4.18. The Kier molecular flexibility index (Phi) is 6.48. The van der Waals surface area contributed by atoms with Crippen LogP contribution in [-0.4, -0.2) is 31.8 Å². The van der Waals surface area contributed by atoms with Crippen molar-refractivity contribution in [2.45, 2.75) is 40.3 Å². The van der Waals surface area contributed by atoms with Gasteiger partial charge in [-0.25, -0.2) is 4.98 Å². The highest BCUT2D eigenvalue weighted by Gasteiger charge is 2.27. The molecule has 8 nitrogen and oxygen atoms in total. The number of nitro benzene ring substituents is 1. The van der Waals surface area contributed by atoms with Crippen LogP contribution in [0.2, 0.25) is 0 Å². The van der Waals surface area contributed by atoms with Gasteiger partial charge < -0.3 is 4.90 Å². The first-order chi connectivity index (χ1) is 14.7. The number of carbonyl (C=O) groups excluding carboxylic acids is 1. The molecule has 2 aromatic carbocycles. The molecule has 0 bridgehead atoms. The average molecular weight is 422 g/mol. The van der Waals surface area contributed by atoms with Crippen molar-refractivity contribution in [1.29, 1.82) is 0 Å². The normalized spacial score (nSPS) is 12.2. The molecule has 0 aliphatic carbocycles. The first-order valence-corrected chi connectivity index (χ1v) is 10.3. The standard InChI is InChI=1S/C23H26N4O4/c1-5-25-21(24-20-9-7-6-8-19(20)23(25)29)16(4)26(14-15(2)3)22(28)17-10-12-18(13-11-17)27(30)31/h6-13,15-16H,5,14H2,1-4H3. The Hall–Kier alpha value is -3.55. The fourth-order valence-corrected chi connectivity index (χ4v) is 3.65. The summed E-state index contributed by atoms with van der Waals surface area (Å²) in [4.78, 5) is 43.2. The van der Waals surface area contributed by atoms with Gasteiger partial charge >= 0.3 is 0 Å². The molecule has 0 aliphatic rings. The molecule has 1 amide bonds. The molecule has 3 aromatic rings. The van der Waals surface area contributed by atoms with Gasteiger partial charge in [0.1, 0.15) is 5.82 Å². The summed E-state index contributed by atoms with van der Waals surface area (Å²) in [6, 6.07) is 12.3. The van der Waals surface area contributed by atoms with Crippen molar-refractivity contribution in [3.8, 4) is 0 Å². The minimum atomic E-state index is -0.498. The van der Waals surface area contributed by atoms with Crippen LogP contribution in [-0.2, 0) is 6.54 Å². The zero-order valence-corrected chi connectivity index (χ0v) is 18.1. The van der Waals surface area contributed by atoms with Crippen molar-refractivity contribution >= 4 is 22.5 Å². The zero-order chi connectivity index (χ0) is 22.7. The molecular weight excluding hydrogens is 396 g/mol. The number of nitro groups is 1. The van der Waals surface area contributed by atoms with E-state index in [-0.39, 0.29) is 23.1 Å². The van der Waals surface area contributed by atoms with Crippen LogP contribution in [0.15, 0.2) is 53.3 Å². The summed E-state index contributed by atoms with van der Waals surface area (Å²) in [6.45, 7) is 8.61. The highest BCUT2D eigenvalue weighted by Crippen LogP contribution is 2.24. The van der Waals surface area contributed by atoms with Gasteiger partial charge in [0.2, 0.25) is 0 Å². The highest BCUT2D eigenvalue weighted by atomic mass is 16.6. The summed E-state index contributed by atoms with van der Waals surface area (Å²) in [5, 5.41) is 11.5. The van der Waals surface area contributed by atoms with Crippen LogP contribution >= 0.6 is 0 Å². The fraction of sp³-hybridized carbons (Fsp3) is 0.348. The number of hydrogen-bond acceptors (Lipinski definition) is 5. The molecule has 8 heteroatoms. The van der Waals surface area contributed by atoms with E-state index < -0.39 is 11.0 Å². The minimum absolute atomic E-state index is 0.0731. The van der Waals surface area contributed by atoms with E-state index in [0.29, 0.717) is 35.4 Å². The van der Waals surface area contributed by atoms with Gasteiger partial charge in [-0.15, -0.1) is 0 Å². The van der Waals surface area contributed by atoms with Crippen molar-refractivity contribution in [2.75, 3.05) is 6.54 Å². The van der Waals surface area contributed by atoms with E-state index in [2.05, 4.69) is 0 Å². The Morgan fingerprint density at radius 2 is 1.77 bits per heavy atom. The molecule has 1 aromatic heterocycles. The molecule has 0 spiro atoms. The summed E-state index contributed by atoms with van der Waals surface area (Å²) in [5.41, 5.74) is 0.730. The second-order valence-corrected chi connectivity index (χ2v) is 7.87. The maximum atomic E-state index is 13.4. The van der Waals surface area contributed by atoms with E-state index in [9.17, 15) is 19.7 Å². The predicted molar refractivity (Wildman–Crippen MR) is 119 cm³/mol. The van der Waals surface area contributed by atoms with Crippen LogP contribution in [0.5, 0.6) is 0 Å². The number of aromatic nitrogens is 2. The van der Waals surface area contributed by atoms with Gasteiger partial charge in [-0.1, -0.05) is 26.0 Å². The maximum absolute atomic E-state index is 13.4. The quantitative estimate of drug-likeness (QED) is 0.420. The summed E-state index contributed by atoms with van der Waals surface area (Å²) in [7, 11) is 0. The molecule has 162 valence electrons. The third-order valence-electron chi connectivity index (χ3n) is 5.20. The molecule has 0 saturated heterocycles. The van der Waals surface area contributed by atoms with Crippen molar-refractivity contribution < 1.29 is 9.72 Å². The second-order valence-electron chi connectivity index (χ2n) is 7.87. The Balaban J connectivity index is 2.07. The first-order valence-electron chi connectivity index (χ1n) is 10.3. The Labute approximate surface area is 180 Å². The smallest absolute Gasteiger partial charge is 0.269 e. The van der Waals surface area contributed by atoms with Gasteiger partial charge in [0.15, 0.2) is 0 Å². The summed E-state index contributed by atoms with van der Waals surface area (Å²) in [5.74, 6) is 0.426. The number of fused-ring (bicyclic) bond motifs is 1. The lowest BCUT2D eigenvalue weighted by atomic mass is 10.1. The fourth-order valence-electron chi connectivity index (χ4n) is 3.65. The molecule has 31 heavy (non-hydrogen) atoms. The van der Waals surface area contributed by atoms with E-state index in [4.69, 9.17) is 4.98 Å². The third kappa shape index (κ3) is 4.47. The number of hydrogen-bond donors (Lipinski definition) is 0. The van der Waals surface area contributed by atoms with Crippen LogP contribution in [0, 0.1) is 16.0 Å². The molecule has 0 N–H and O–H groups in total. The van der Waals surface area contributed by atoms with Gasteiger partial charge in [-0.3, -0.25) is 24.3 Å². The van der Waals surface area contributed by atoms with E-state index in [0.717, 1.165) is 0 Å². The number of rotatable bonds is 7.